The second-order valence-corrected chi connectivity index (χ2v) is 6.95. The van der Waals surface area contributed by atoms with Crippen molar-refractivity contribution in [3.05, 3.63) is 64.0 Å². The maximum absolute atomic E-state index is 12.6. The van der Waals surface area contributed by atoms with E-state index in [9.17, 15) is 4.79 Å². The van der Waals surface area contributed by atoms with Gasteiger partial charge in [-0.15, -0.1) is 0 Å². The number of benzene rings is 2. The van der Waals surface area contributed by atoms with Crippen LogP contribution in [-0.4, -0.2) is 23.7 Å². The van der Waals surface area contributed by atoms with E-state index in [0.717, 1.165) is 20.6 Å². The van der Waals surface area contributed by atoms with Gasteiger partial charge in [0.1, 0.15) is 0 Å². The number of thiazole rings is 1. The highest BCUT2D eigenvalue weighted by atomic mass is 32.1. The number of amides is 1. The van der Waals surface area contributed by atoms with Crippen LogP contribution in [0.3, 0.4) is 0 Å². The largest absolute Gasteiger partial charge is 0.380 e. The van der Waals surface area contributed by atoms with Crippen LogP contribution in [0.25, 0.3) is 10.2 Å². The quantitative estimate of drug-likeness (QED) is 0.648. The molecule has 0 saturated heterocycles. The molecule has 4 nitrogen and oxygen atoms in total. The molecule has 0 N–H and O–H groups in total. The molecular weight excluding hydrogens is 332 g/mol. The Morgan fingerprint density at radius 3 is 2.76 bits per heavy atom. The topological polar surface area (TPSA) is 43.6 Å². The third kappa shape index (κ3) is 3.89. The van der Waals surface area contributed by atoms with Crippen molar-refractivity contribution >= 4 is 27.5 Å². The molecule has 0 saturated carbocycles. The van der Waals surface area contributed by atoms with Gasteiger partial charge in [-0.2, -0.15) is 4.99 Å². The lowest BCUT2D eigenvalue weighted by molar-refractivity contribution is 0.0996. The van der Waals surface area contributed by atoms with Gasteiger partial charge in [-0.05, 0) is 44.5 Å². The molecule has 5 heteroatoms. The number of hydrogen-bond donors (Lipinski definition) is 0. The van der Waals surface area contributed by atoms with Crippen LogP contribution < -0.4 is 4.80 Å². The first-order valence-corrected chi connectivity index (χ1v) is 9.24. The molecule has 25 heavy (non-hydrogen) atoms. The molecule has 0 aliphatic rings. The highest BCUT2D eigenvalue weighted by molar-refractivity contribution is 7.16. The van der Waals surface area contributed by atoms with Gasteiger partial charge in [0.05, 0.1) is 16.8 Å². The molecule has 1 aromatic heterocycles. The molecule has 2 aromatic carbocycles. The molecule has 0 bridgehead atoms. The van der Waals surface area contributed by atoms with Gasteiger partial charge in [0.25, 0.3) is 5.91 Å². The molecule has 0 radical (unpaired) electrons. The average molecular weight is 354 g/mol. The first kappa shape index (κ1) is 17.6. The maximum atomic E-state index is 12.6. The Balaban J connectivity index is 2.09. The fourth-order valence-corrected chi connectivity index (χ4v) is 3.96. The first-order chi connectivity index (χ1) is 12.1. The number of fused-ring (bicyclic) bond motifs is 1. The summed E-state index contributed by atoms with van der Waals surface area (Å²) in [5.41, 5.74) is 3.97. The lowest BCUT2D eigenvalue weighted by atomic mass is 10.1. The number of hydrogen-bond acceptors (Lipinski definition) is 3. The number of aromatic nitrogens is 1. The fourth-order valence-electron chi connectivity index (χ4n) is 2.83. The van der Waals surface area contributed by atoms with Crippen LogP contribution in [0.5, 0.6) is 0 Å². The van der Waals surface area contributed by atoms with Crippen LogP contribution in [0.2, 0.25) is 0 Å². The van der Waals surface area contributed by atoms with E-state index in [0.29, 0.717) is 25.3 Å². The Morgan fingerprint density at radius 2 is 2.00 bits per heavy atom. The monoisotopic (exact) mass is 354 g/mol. The van der Waals surface area contributed by atoms with Crippen molar-refractivity contribution < 1.29 is 9.53 Å². The average Bonchev–Trinajstić information content (AvgIpc) is 2.94. The van der Waals surface area contributed by atoms with Gasteiger partial charge in [-0.1, -0.05) is 41.2 Å². The zero-order valence-electron chi connectivity index (χ0n) is 14.8. The van der Waals surface area contributed by atoms with Crippen molar-refractivity contribution in [2.45, 2.75) is 27.3 Å². The summed E-state index contributed by atoms with van der Waals surface area (Å²) in [5, 5.41) is 0. The molecule has 1 amide bonds. The summed E-state index contributed by atoms with van der Waals surface area (Å²) in [6.07, 6.45) is 0. The highest BCUT2D eigenvalue weighted by Gasteiger charge is 2.11. The second-order valence-electron chi connectivity index (χ2n) is 5.94. The minimum Gasteiger partial charge on any atom is -0.380 e. The Kier molecular flexibility index (Phi) is 5.46. The van der Waals surface area contributed by atoms with Crippen LogP contribution in [0.15, 0.2) is 47.5 Å². The molecule has 0 fully saturated rings. The second kappa shape index (κ2) is 7.76. The SMILES string of the molecule is CCOCCn1c(=NC(=O)c2cccc(C)c2)sc2cccc(C)c21. The molecule has 0 aliphatic heterocycles. The predicted molar refractivity (Wildman–Crippen MR) is 102 cm³/mol. The Bertz CT molecular complexity index is 969. The van der Waals surface area contributed by atoms with Gasteiger partial charge in [0.2, 0.25) is 0 Å². The normalized spacial score (nSPS) is 12.0. The standard InChI is InChI=1S/C20H22N2O2S/c1-4-24-12-11-22-18-15(3)8-6-10-17(18)25-20(22)21-19(23)16-9-5-7-14(2)13-16/h5-10,13H,4,11-12H2,1-3H3. The van der Waals surface area contributed by atoms with E-state index < -0.39 is 0 Å². The van der Waals surface area contributed by atoms with Crippen LogP contribution in [0.4, 0.5) is 0 Å². The minimum atomic E-state index is -0.210. The Morgan fingerprint density at radius 1 is 1.20 bits per heavy atom. The summed E-state index contributed by atoms with van der Waals surface area (Å²) in [6.45, 7) is 7.99. The van der Waals surface area contributed by atoms with Gasteiger partial charge in [0, 0.05) is 18.7 Å². The number of ether oxygens (including phenoxy) is 1. The number of para-hydroxylation sites is 1. The molecule has 0 spiro atoms. The van der Waals surface area contributed by atoms with E-state index >= 15 is 0 Å². The highest BCUT2D eigenvalue weighted by Crippen LogP contribution is 2.21. The number of rotatable bonds is 5. The molecule has 0 unspecified atom stereocenters. The molecule has 0 aliphatic carbocycles. The Hall–Kier alpha value is -2.24. The van der Waals surface area contributed by atoms with Crippen molar-refractivity contribution in [3.8, 4) is 0 Å². The lowest BCUT2D eigenvalue weighted by Gasteiger charge is -2.07. The lowest BCUT2D eigenvalue weighted by Crippen LogP contribution is -2.20. The zero-order valence-corrected chi connectivity index (χ0v) is 15.6. The van der Waals surface area contributed by atoms with E-state index in [2.05, 4.69) is 28.6 Å². The number of nitrogens with zero attached hydrogens (tertiary/aromatic N) is 2. The van der Waals surface area contributed by atoms with E-state index in [-0.39, 0.29) is 5.91 Å². The summed E-state index contributed by atoms with van der Waals surface area (Å²) >= 11 is 1.54. The predicted octanol–water partition coefficient (Wildman–Crippen LogP) is 4.10. The van der Waals surface area contributed by atoms with Gasteiger partial charge in [-0.3, -0.25) is 4.79 Å². The summed E-state index contributed by atoms with van der Waals surface area (Å²) < 4.78 is 8.74. The number of aryl methyl sites for hydroxylation is 2. The minimum absolute atomic E-state index is 0.210. The fraction of sp³-hybridized carbons (Fsp3) is 0.300. The Labute approximate surface area is 151 Å². The smallest absolute Gasteiger partial charge is 0.279 e. The van der Waals surface area contributed by atoms with Crippen molar-refractivity contribution in [1.82, 2.24) is 4.57 Å². The third-order valence-corrected chi connectivity index (χ3v) is 5.07. The molecule has 1 heterocycles. The first-order valence-electron chi connectivity index (χ1n) is 8.42. The van der Waals surface area contributed by atoms with Crippen LogP contribution in [-0.2, 0) is 11.3 Å². The van der Waals surface area contributed by atoms with Crippen molar-refractivity contribution in [3.63, 3.8) is 0 Å². The summed E-state index contributed by atoms with van der Waals surface area (Å²) in [7, 11) is 0. The van der Waals surface area contributed by atoms with E-state index in [4.69, 9.17) is 4.74 Å². The molecule has 130 valence electrons. The van der Waals surface area contributed by atoms with E-state index in [1.807, 2.05) is 44.2 Å². The summed E-state index contributed by atoms with van der Waals surface area (Å²) in [6, 6.07) is 13.7. The molecular formula is C20H22N2O2S. The maximum Gasteiger partial charge on any atom is 0.279 e. The summed E-state index contributed by atoms with van der Waals surface area (Å²) in [4.78, 5) is 17.7. The summed E-state index contributed by atoms with van der Waals surface area (Å²) in [5.74, 6) is -0.210. The van der Waals surface area contributed by atoms with Gasteiger partial charge < -0.3 is 9.30 Å². The molecule has 0 atom stereocenters. The van der Waals surface area contributed by atoms with E-state index in [1.54, 1.807) is 11.3 Å². The van der Waals surface area contributed by atoms with Crippen molar-refractivity contribution in [2.24, 2.45) is 4.99 Å². The third-order valence-electron chi connectivity index (χ3n) is 4.03. The van der Waals surface area contributed by atoms with Gasteiger partial charge in [0.15, 0.2) is 4.80 Å². The van der Waals surface area contributed by atoms with Gasteiger partial charge >= 0.3 is 0 Å². The van der Waals surface area contributed by atoms with Crippen molar-refractivity contribution in [1.29, 1.82) is 0 Å². The van der Waals surface area contributed by atoms with Crippen LogP contribution in [0.1, 0.15) is 28.4 Å². The zero-order chi connectivity index (χ0) is 17.8. The van der Waals surface area contributed by atoms with Crippen molar-refractivity contribution in [2.75, 3.05) is 13.2 Å². The van der Waals surface area contributed by atoms with Crippen LogP contribution in [0, 0.1) is 13.8 Å². The van der Waals surface area contributed by atoms with E-state index in [1.165, 1.54) is 5.56 Å². The van der Waals surface area contributed by atoms with Crippen LogP contribution >= 0.6 is 11.3 Å². The van der Waals surface area contributed by atoms with Gasteiger partial charge in [-0.25, -0.2) is 0 Å². The molecule has 3 aromatic rings. The molecule has 3 rings (SSSR count). The number of carbonyl (C=O) groups is 1. The number of carbonyl (C=O) groups excluding carboxylic acids is 1.